The number of aliphatic hydroxyl groups excluding tert-OH is 1. The maximum atomic E-state index is 14.8. The lowest BCUT2D eigenvalue weighted by Gasteiger charge is -2.14. The molecule has 0 radical (unpaired) electrons. The lowest BCUT2D eigenvalue weighted by atomic mass is 9.96. The van der Waals surface area contributed by atoms with Crippen molar-refractivity contribution >= 4 is 0 Å². The van der Waals surface area contributed by atoms with E-state index in [2.05, 4.69) is 14.8 Å². The predicted octanol–water partition coefficient (Wildman–Crippen LogP) is 8.84. The number of hydrogen-bond acceptors (Lipinski definition) is 5. The normalized spacial score (nSPS) is 12.3. The second-order valence-electron chi connectivity index (χ2n) is 10.2. The molecule has 5 rings (SSSR count). The minimum Gasteiger partial charge on any atom is -0.440 e. The summed E-state index contributed by atoms with van der Waals surface area (Å²) in [5.41, 5.74) is 1.29. The van der Waals surface area contributed by atoms with Gasteiger partial charge in [0, 0.05) is 28.8 Å². The number of aryl methyl sites for hydroxylation is 1. The fourth-order valence-electron chi connectivity index (χ4n) is 4.62. The van der Waals surface area contributed by atoms with Gasteiger partial charge in [-0.2, -0.15) is 18.3 Å². The summed E-state index contributed by atoms with van der Waals surface area (Å²) in [5, 5.41) is 13.2. The summed E-state index contributed by atoms with van der Waals surface area (Å²) in [6.45, 7) is 4.73. The zero-order chi connectivity index (χ0) is 32.0. The van der Waals surface area contributed by atoms with E-state index in [1.54, 1.807) is 39.0 Å². The lowest BCUT2D eigenvalue weighted by Crippen LogP contribution is -2.16. The first-order valence-corrected chi connectivity index (χ1v) is 13.2. The van der Waals surface area contributed by atoms with Crippen LogP contribution in [-0.4, -0.2) is 26.2 Å². The van der Waals surface area contributed by atoms with E-state index in [0.717, 1.165) is 29.1 Å². The van der Waals surface area contributed by atoms with Gasteiger partial charge in [0.2, 0.25) is 0 Å². The van der Waals surface area contributed by atoms with Crippen molar-refractivity contribution in [2.24, 2.45) is 0 Å². The molecular formula is C31H24F7N3O3. The van der Waals surface area contributed by atoms with Gasteiger partial charge in [-0.25, -0.2) is 14.1 Å². The average molecular weight is 620 g/mol. The Morgan fingerprint density at radius 1 is 0.909 bits per heavy atom. The van der Waals surface area contributed by atoms with Crippen molar-refractivity contribution in [1.29, 1.82) is 0 Å². The van der Waals surface area contributed by atoms with Crippen LogP contribution < -0.4 is 4.74 Å². The van der Waals surface area contributed by atoms with Crippen LogP contribution in [0.5, 0.6) is 5.75 Å². The van der Waals surface area contributed by atoms with Gasteiger partial charge in [-0.05, 0) is 72.1 Å². The Morgan fingerprint density at radius 3 is 2.16 bits per heavy atom. The van der Waals surface area contributed by atoms with Gasteiger partial charge >= 0.3 is 12.5 Å². The van der Waals surface area contributed by atoms with E-state index in [0.29, 0.717) is 22.3 Å². The van der Waals surface area contributed by atoms with E-state index in [4.69, 9.17) is 4.42 Å². The molecule has 230 valence electrons. The van der Waals surface area contributed by atoms with E-state index in [-0.39, 0.29) is 40.1 Å². The van der Waals surface area contributed by atoms with E-state index in [1.807, 2.05) is 0 Å². The maximum Gasteiger partial charge on any atom is 0.573 e. The molecule has 44 heavy (non-hydrogen) atoms. The molecule has 0 unspecified atom stereocenters. The number of benzene rings is 3. The van der Waals surface area contributed by atoms with E-state index < -0.39 is 36.4 Å². The smallest absolute Gasteiger partial charge is 0.440 e. The molecule has 0 aliphatic carbocycles. The Morgan fingerprint density at radius 2 is 1.59 bits per heavy atom. The molecular weight excluding hydrogens is 595 g/mol. The number of hydrogen-bond donors (Lipinski definition) is 1. The molecule has 0 saturated carbocycles. The molecule has 0 aliphatic heterocycles. The number of alkyl halides is 6. The predicted molar refractivity (Wildman–Crippen MR) is 146 cm³/mol. The first-order chi connectivity index (χ1) is 20.6. The SMILES string of the molecule is Cc1cc(-c2ccc(-n3ccc(C(F)(F)F)n3)c(-c3oc(C(C)C)nc3-c3ccc(OC(F)(F)F)cc3)c2)cc(F)c1CO. The fourth-order valence-corrected chi connectivity index (χ4v) is 4.62. The highest BCUT2D eigenvalue weighted by molar-refractivity contribution is 5.85. The molecule has 2 aromatic heterocycles. The average Bonchev–Trinajstić information content (AvgIpc) is 3.61. The number of aromatic nitrogens is 3. The minimum atomic E-state index is -4.90. The quantitative estimate of drug-likeness (QED) is 0.184. The van der Waals surface area contributed by atoms with Crippen LogP contribution in [-0.2, 0) is 12.8 Å². The molecule has 2 heterocycles. The Bertz CT molecular complexity index is 1780. The van der Waals surface area contributed by atoms with Gasteiger partial charge in [0.25, 0.3) is 0 Å². The van der Waals surface area contributed by atoms with Crippen molar-refractivity contribution in [3.63, 3.8) is 0 Å². The molecule has 0 aliphatic rings. The van der Waals surface area contributed by atoms with Crippen LogP contribution in [0.1, 0.15) is 42.5 Å². The topological polar surface area (TPSA) is 73.3 Å². The number of oxazole rings is 1. The van der Waals surface area contributed by atoms with Crippen LogP contribution in [0, 0.1) is 12.7 Å². The third kappa shape index (κ3) is 6.32. The monoisotopic (exact) mass is 619 g/mol. The molecule has 0 saturated heterocycles. The van der Waals surface area contributed by atoms with E-state index in [1.165, 1.54) is 24.3 Å². The Balaban J connectivity index is 1.73. The molecule has 0 spiro atoms. The lowest BCUT2D eigenvalue weighted by molar-refractivity contribution is -0.274. The number of nitrogens with zero attached hydrogens (tertiary/aromatic N) is 3. The van der Waals surface area contributed by atoms with Crippen molar-refractivity contribution in [2.75, 3.05) is 0 Å². The summed E-state index contributed by atoms with van der Waals surface area (Å²) in [5.74, 6) is -0.987. The Hall–Kier alpha value is -4.65. The summed E-state index contributed by atoms with van der Waals surface area (Å²) in [7, 11) is 0. The molecule has 0 fully saturated rings. The minimum absolute atomic E-state index is 0.100. The number of ether oxygens (including phenoxy) is 1. The third-order valence-corrected chi connectivity index (χ3v) is 6.78. The summed E-state index contributed by atoms with van der Waals surface area (Å²) in [6.07, 6.45) is -8.48. The van der Waals surface area contributed by atoms with Gasteiger partial charge in [-0.1, -0.05) is 26.0 Å². The number of rotatable bonds is 7. The van der Waals surface area contributed by atoms with E-state index in [9.17, 15) is 35.8 Å². The fraction of sp³-hybridized carbons (Fsp3) is 0.226. The zero-order valence-corrected chi connectivity index (χ0v) is 23.4. The first-order valence-electron chi connectivity index (χ1n) is 13.2. The van der Waals surface area contributed by atoms with Gasteiger partial charge in [-0.15, -0.1) is 13.2 Å². The van der Waals surface area contributed by atoms with E-state index >= 15 is 0 Å². The molecule has 6 nitrogen and oxygen atoms in total. The molecule has 0 atom stereocenters. The highest BCUT2D eigenvalue weighted by Gasteiger charge is 2.34. The van der Waals surface area contributed by atoms with Crippen molar-refractivity contribution in [3.8, 4) is 45.1 Å². The van der Waals surface area contributed by atoms with Gasteiger partial charge in [0.15, 0.2) is 17.3 Å². The third-order valence-electron chi connectivity index (χ3n) is 6.78. The zero-order valence-electron chi connectivity index (χ0n) is 23.4. The molecule has 13 heteroatoms. The maximum absolute atomic E-state index is 14.8. The Kier molecular flexibility index (Phi) is 8.02. The largest absolute Gasteiger partial charge is 0.573 e. The summed E-state index contributed by atoms with van der Waals surface area (Å²) >= 11 is 0. The Labute approximate surface area is 246 Å². The van der Waals surface area contributed by atoms with Crippen LogP contribution in [0.15, 0.2) is 71.3 Å². The van der Waals surface area contributed by atoms with Crippen molar-refractivity contribution in [2.45, 2.75) is 45.8 Å². The second-order valence-corrected chi connectivity index (χ2v) is 10.2. The number of halogens is 7. The van der Waals surface area contributed by atoms with Crippen LogP contribution in [0.2, 0.25) is 0 Å². The van der Waals surface area contributed by atoms with Crippen LogP contribution in [0.4, 0.5) is 30.7 Å². The summed E-state index contributed by atoms with van der Waals surface area (Å²) < 4.78 is 104. The van der Waals surface area contributed by atoms with Crippen molar-refractivity contribution in [3.05, 3.63) is 95.4 Å². The highest BCUT2D eigenvalue weighted by Crippen LogP contribution is 2.41. The molecule has 0 amide bonds. The van der Waals surface area contributed by atoms with Gasteiger partial charge in [-0.3, -0.25) is 0 Å². The second kappa shape index (κ2) is 11.5. The molecule has 1 N–H and O–H groups in total. The van der Waals surface area contributed by atoms with Crippen LogP contribution in [0.3, 0.4) is 0 Å². The first kappa shape index (κ1) is 30.8. The standard InChI is InChI=1S/C31H24F7N3O3/c1-16(2)29-39-27(18-4-7-21(8-5-18)44-31(36,37)38)28(43-29)22-13-19(20-12-17(3)23(15-42)24(32)14-20)6-9-25(22)41-11-10-26(40-41)30(33,34)35/h4-14,16,42H,15H2,1-3H3. The summed E-state index contributed by atoms with van der Waals surface area (Å²) in [6, 6.07) is 13.2. The number of aliphatic hydroxyl groups is 1. The van der Waals surface area contributed by atoms with Crippen LogP contribution >= 0.6 is 0 Å². The highest BCUT2D eigenvalue weighted by atomic mass is 19.4. The van der Waals surface area contributed by atoms with Crippen LogP contribution in [0.25, 0.3) is 39.4 Å². The van der Waals surface area contributed by atoms with Crippen molar-refractivity contribution in [1.82, 2.24) is 14.8 Å². The van der Waals surface area contributed by atoms with Gasteiger partial charge in [0.05, 0.1) is 12.3 Å². The molecule has 0 bridgehead atoms. The molecule has 5 aromatic rings. The van der Waals surface area contributed by atoms with Gasteiger partial charge in [0.1, 0.15) is 17.3 Å². The summed E-state index contributed by atoms with van der Waals surface area (Å²) in [4.78, 5) is 4.57. The molecule has 3 aromatic carbocycles. The van der Waals surface area contributed by atoms with Gasteiger partial charge < -0.3 is 14.3 Å². The van der Waals surface area contributed by atoms with Crippen molar-refractivity contribution < 1.29 is 45.0 Å².